The summed E-state index contributed by atoms with van der Waals surface area (Å²) in [6.45, 7) is 6.41. The number of ether oxygens (including phenoxy) is 2. The van der Waals surface area contributed by atoms with E-state index in [2.05, 4.69) is 10.3 Å². The lowest BCUT2D eigenvalue weighted by Gasteiger charge is -2.17. The van der Waals surface area contributed by atoms with Crippen LogP contribution in [0.3, 0.4) is 0 Å². The molecule has 1 aliphatic heterocycles. The molecule has 1 N–H and O–H groups in total. The molecule has 8 heteroatoms. The lowest BCUT2D eigenvalue weighted by Crippen LogP contribution is -2.33. The second-order valence-electron chi connectivity index (χ2n) is 7.89. The first-order valence-corrected chi connectivity index (χ1v) is 12.4. The van der Waals surface area contributed by atoms with Crippen molar-refractivity contribution in [2.75, 3.05) is 38.2 Å². The van der Waals surface area contributed by atoms with Crippen LogP contribution in [0.5, 0.6) is 5.75 Å². The van der Waals surface area contributed by atoms with Gasteiger partial charge in [0.05, 0.1) is 25.4 Å². The number of aliphatic imine (C=N–C) groups is 1. The van der Waals surface area contributed by atoms with Crippen molar-refractivity contribution in [2.45, 2.75) is 26.7 Å². The van der Waals surface area contributed by atoms with Crippen molar-refractivity contribution < 1.29 is 19.1 Å². The lowest BCUT2D eigenvalue weighted by molar-refractivity contribution is -0.128. The Morgan fingerprint density at radius 2 is 1.91 bits per heavy atom. The van der Waals surface area contributed by atoms with Gasteiger partial charge < -0.3 is 19.7 Å². The second kappa shape index (κ2) is 11.2. The largest absolute Gasteiger partial charge is 0.492 e. The van der Waals surface area contributed by atoms with E-state index in [1.807, 2.05) is 54.3 Å². The number of nitrogens with zero attached hydrogens (tertiary/aromatic N) is 2. The molecule has 0 radical (unpaired) electrons. The van der Waals surface area contributed by atoms with Gasteiger partial charge in [-0.25, -0.2) is 9.79 Å². The predicted molar refractivity (Wildman–Crippen MR) is 137 cm³/mol. The molecule has 1 amide bonds. The fraction of sp³-hybridized carbons (Fsp3) is 0.346. The van der Waals surface area contributed by atoms with Crippen LogP contribution in [0, 0.1) is 0 Å². The minimum absolute atomic E-state index is 0.0989. The quantitative estimate of drug-likeness (QED) is 0.334. The zero-order chi connectivity index (χ0) is 23.9. The Balaban J connectivity index is 1.55. The summed E-state index contributed by atoms with van der Waals surface area (Å²) in [7, 11) is 0. The zero-order valence-corrected chi connectivity index (χ0v) is 20.3. The van der Waals surface area contributed by atoms with Gasteiger partial charge in [0.1, 0.15) is 16.3 Å². The Kier molecular flexibility index (Phi) is 7.80. The smallest absolute Gasteiger partial charge is 0.341 e. The van der Waals surface area contributed by atoms with Crippen LogP contribution in [0.4, 0.5) is 10.7 Å². The average molecular weight is 480 g/mol. The second-order valence-corrected chi connectivity index (χ2v) is 8.92. The Hall–Kier alpha value is -3.39. The molecule has 7 nitrogen and oxygen atoms in total. The molecular weight excluding hydrogens is 450 g/mol. The average Bonchev–Trinajstić information content (AvgIpc) is 3.50. The highest BCUT2D eigenvalue weighted by atomic mass is 32.1. The van der Waals surface area contributed by atoms with Crippen LogP contribution >= 0.6 is 11.3 Å². The van der Waals surface area contributed by atoms with Crippen molar-refractivity contribution in [3.63, 3.8) is 0 Å². The van der Waals surface area contributed by atoms with E-state index >= 15 is 0 Å². The summed E-state index contributed by atoms with van der Waals surface area (Å²) in [6.07, 6.45) is 3.86. The number of benzene rings is 2. The van der Waals surface area contributed by atoms with Crippen molar-refractivity contribution in [3.8, 4) is 5.75 Å². The molecule has 1 aliphatic rings. The van der Waals surface area contributed by atoms with E-state index in [-0.39, 0.29) is 18.4 Å². The maximum Gasteiger partial charge on any atom is 0.341 e. The first kappa shape index (κ1) is 23.8. The van der Waals surface area contributed by atoms with Crippen LogP contribution in [-0.2, 0) is 9.53 Å². The molecule has 0 aliphatic carbocycles. The van der Waals surface area contributed by atoms with Crippen LogP contribution in [-0.4, -0.2) is 55.8 Å². The molecule has 34 heavy (non-hydrogen) atoms. The highest BCUT2D eigenvalue weighted by molar-refractivity contribution is 7.23. The number of anilines is 1. The lowest BCUT2D eigenvalue weighted by atomic mass is 10.1. The minimum Gasteiger partial charge on any atom is -0.492 e. The van der Waals surface area contributed by atoms with E-state index in [0.29, 0.717) is 29.5 Å². The molecule has 0 spiro atoms. The molecule has 1 saturated heterocycles. The molecular formula is C26H29N3O4S. The number of thiophene rings is 1. The number of esters is 1. The van der Waals surface area contributed by atoms with Gasteiger partial charge in [0.25, 0.3) is 0 Å². The molecule has 2 aromatic carbocycles. The van der Waals surface area contributed by atoms with Crippen LogP contribution in [0.15, 0.2) is 47.5 Å². The molecule has 0 saturated carbocycles. The molecule has 178 valence electrons. The third-order valence-corrected chi connectivity index (χ3v) is 6.66. The summed E-state index contributed by atoms with van der Waals surface area (Å²) in [4.78, 5) is 31.5. The Labute approximate surface area is 203 Å². The fourth-order valence-electron chi connectivity index (χ4n) is 3.95. The van der Waals surface area contributed by atoms with Crippen LogP contribution in [0.2, 0.25) is 0 Å². The van der Waals surface area contributed by atoms with Crippen molar-refractivity contribution >= 4 is 50.2 Å². The van der Waals surface area contributed by atoms with Crippen molar-refractivity contribution in [3.05, 3.63) is 53.6 Å². The highest BCUT2D eigenvalue weighted by Crippen LogP contribution is 2.38. The van der Waals surface area contributed by atoms with E-state index in [1.54, 1.807) is 13.1 Å². The molecule has 1 aromatic heterocycles. The summed E-state index contributed by atoms with van der Waals surface area (Å²) in [6, 6.07) is 13.4. The number of carbonyl (C=O) groups excluding carboxylic acids is 2. The zero-order valence-electron chi connectivity index (χ0n) is 19.5. The molecule has 0 unspecified atom stereocenters. The number of amides is 1. The Bertz CT molecular complexity index is 1200. The van der Waals surface area contributed by atoms with E-state index in [9.17, 15) is 9.59 Å². The number of carbonyl (C=O) groups is 2. The number of hydrogen-bond acceptors (Lipinski definition) is 7. The monoisotopic (exact) mass is 479 g/mol. The first-order chi connectivity index (χ1) is 16.6. The molecule has 4 rings (SSSR count). The van der Waals surface area contributed by atoms with E-state index in [0.717, 1.165) is 47.3 Å². The fourth-order valence-corrected chi connectivity index (χ4v) is 4.98. The molecule has 0 bridgehead atoms. The third kappa shape index (κ3) is 5.39. The summed E-state index contributed by atoms with van der Waals surface area (Å²) in [5, 5.41) is 4.66. The Morgan fingerprint density at radius 1 is 1.12 bits per heavy atom. The van der Waals surface area contributed by atoms with Crippen molar-refractivity contribution in [1.29, 1.82) is 0 Å². The van der Waals surface area contributed by atoms with E-state index in [1.165, 1.54) is 11.3 Å². The molecule has 2 heterocycles. The van der Waals surface area contributed by atoms with Crippen molar-refractivity contribution in [1.82, 2.24) is 4.90 Å². The Morgan fingerprint density at radius 3 is 2.68 bits per heavy atom. The van der Waals surface area contributed by atoms with Gasteiger partial charge in [-0.1, -0.05) is 24.3 Å². The van der Waals surface area contributed by atoms with Crippen LogP contribution in [0.1, 0.15) is 42.6 Å². The van der Waals surface area contributed by atoms with Gasteiger partial charge in [0.15, 0.2) is 0 Å². The van der Waals surface area contributed by atoms with Crippen LogP contribution < -0.4 is 10.1 Å². The number of fused-ring (bicyclic) bond motifs is 1. The normalized spacial score (nSPS) is 13.5. The van der Waals surface area contributed by atoms with Crippen molar-refractivity contribution in [2.24, 2.45) is 4.99 Å². The third-order valence-electron chi connectivity index (χ3n) is 5.58. The maximum atomic E-state index is 12.6. The SMILES string of the molecule is CCOC(=O)c1c(N=Cc2ccc(NCC(=O)N3CCCC3)c(OCC)c2)sc2ccccc12. The predicted octanol–water partition coefficient (Wildman–Crippen LogP) is 5.26. The standard InChI is InChI=1S/C26H29N3O4S/c1-3-32-21-15-18(11-12-20(21)27-17-23(30)29-13-7-8-14-29)16-28-25-24(26(31)33-4-2)19-9-5-6-10-22(19)34-25/h5-6,9-12,15-16,27H,3-4,7-8,13-14,17H2,1-2H3. The summed E-state index contributed by atoms with van der Waals surface area (Å²) in [5.41, 5.74) is 2.08. The highest BCUT2D eigenvalue weighted by Gasteiger charge is 2.20. The maximum absolute atomic E-state index is 12.6. The molecule has 1 fully saturated rings. The van der Waals surface area contributed by atoms with Gasteiger partial charge in [-0.3, -0.25) is 4.79 Å². The van der Waals surface area contributed by atoms with Gasteiger partial charge in [-0.15, -0.1) is 11.3 Å². The van der Waals surface area contributed by atoms with E-state index in [4.69, 9.17) is 9.47 Å². The summed E-state index contributed by atoms with van der Waals surface area (Å²) >= 11 is 1.45. The number of rotatable bonds is 9. The van der Waals surface area contributed by atoms with Gasteiger partial charge >= 0.3 is 5.97 Å². The van der Waals surface area contributed by atoms with Crippen LogP contribution in [0.25, 0.3) is 10.1 Å². The topological polar surface area (TPSA) is 80.2 Å². The first-order valence-electron chi connectivity index (χ1n) is 11.6. The number of hydrogen-bond donors (Lipinski definition) is 1. The summed E-state index contributed by atoms with van der Waals surface area (Å²) < 4.78 is 12.1. The summed E-state index contributed by atoms with van der Waals surface area (Å²) in [5.74, 6) is 0.383. The van der Waals surface area contributed by atoms with Gasteiger partial charge in [0, 0.05) is 29.4 Å². The molecule has 0 atom stereocenters. The van der Waals surface area contributed by atoms with Gasteiger partial charge in [-0.05, 0) is 50.5 Å². The van der Waals surface area contributed by atoms with Gasteiger partial charge in [-0.2, -0.15) is 0 Å². The van der Waals surface area contributed by atoms with E-state index < -0.39 is 0 Å². The molecule has 3 aromatic rings. The number of likely N-dealkylation sites (tertiary alicyclic amines) is 1. The minimum atomic E-state index is -0.371. The number of nitrogens with one attached hydrogen (secondary N) is 1. The van der Waals surface area contributed by atoms with Gasteiger partial charge in [0.2, 0.25) is 5.91 Å².